The molecule has 0 unspecified atom stereocenters. The summed E-state index contributed by atoms with van der Waals surface area (Å²) < 4.78 is 1.77. The first-order valence-corrected chi connectivity index (χ1v) is 8.95. The average Bonchev–Trinajstić information content (AvgIpc) is 3.30. The van der Waals surface area contributed by atoms with Gasteiger partial charge in [-0.05, 0) is 36.3 Å². The minimum absolute atomic E-state index is 0.133. The van der Waals surface area contributed by atoms with Crippen molar-refractivity contribution in [1.82, 2.24) is 19.8 Å². The van der Waals surface area contributed by atoms with Gasteiger partial charge in [0.15, 0.2) is 0 Å². The van der Waals surface area contributed by atoms with Crippen molar-refractivity contribution in [3.05, 3.63) is 36.3 Å². The van der Waals surface area contributed by atoms with Crippen LogP contribution in [0.5, 0.6) is 0 Å². The summed E-state index contributed by atoms with van der Waals surface area (Å²) in [4.78, 5) is 12.0. The minimum atomic E-state index is -0.476. The van der Waals surface area contributed by atoms with Crippen LogP contribution in [0.2, 0.25) is 0 Å². The number of hydrogen-bond donors (Lipinski definition) is 3. The van der Waals surface area contributed by atoms with Gasteiger partial charge in [0.1, 0.15) is 0 Å². The van der Waals surface area contributed by atoms with Crippen molar-refractivity contribution in [1.29, 1.82) is 0 Å². The lowest BCUT2D eigenvalue weighted by atomic mass is 9.80. The summed E-state index contributed by atoms with van der Waals surface area (Å²) >= 11 is 0. The fraction of sp³-hybridized carbons (Fsp3) is 0.421. The van der Waals surface area contributed by atoms with E-state index in [0.717, 1.165) is 28.9 Å². The number of hydrogen-bond acceptors (Lipinski definition) is 4. The number of amides is 1. The van der Waals surface area contributed by atoms with Crippen LogP contribution in [0.15, 0.2) is 30.7 Å². The molecule has 1 aliphatic rings. The molecule has 1 fully saturated rings. The van der Waals surface area contributed by atoms with Gasteiger partial charge in [-0.1, -0.05) is 20.8 Å². The van der Waals surface area contributed by atoms with Gasteiger partial charge in [-0.2, -0.15) is 10.2 Å². The number of nitrogens with zero attached hydrogens (tertiary/aromatic N) is 3. The highest BCUT2D eigenvalue weighted by Gasteiger charge is 2.41. The highest BCUT2D eigenvalue weighted by atomic mass is 16.1. The molecule has 7 heteroatoms. The molecule has 0 bridgehead atoms. The molecule has 26 heavy (non-hydrogen) atoms. The lowest BCUT2D eigenvalue weighted by Gasteiger charge is -2.33. The molecule has 4 N–H and O–H groups in total. The Balaban J connectivity index is 1.83. The van der Waals surface area contributed by atoms with E-state index in [9.17, 15) is 4.79 Å². The monoisotopic (exact) mass is 352 g/mol. The van der Waals surface area contributed by atoms with Crippen LogP contribution in [-0.2, 0) is 0 Å². The molecule has 0 spiro atoms. The molecule has 2 atom stereocenters. The van der Waals surface area contributed by atoms with Crippen molar-refractivity contribution in [2.45, 2.75) is 39.7 Å². The van der Waals surface area contributed by atoms with Crippen LogP contribution >= 0.6 is 0 Å². The lowest BCUT2D eigenvalue weighted by molar-refractivity contribution is 0.100. The molecule has 0 aliphatic heterocycles. The SMILES string of the molecule is C[C@H]1CC[C@@H](Nc2c(C(N)=O)cnn3cc(-c4ccn[nH]4)cc23)C1(C)C. The van der Waals surface area contributed by atoms with E-state index < -0.39 is 5.91 Å². The first-order valence-electron chi connectivity index (χ1n) is 8.95. The van der Waals surface area contributed by atoms with Gasteiger partial charge >= 0.3 is 0 Å². The number of nitrogens with one attached hydrogen (secondary N) is 2. The van der Waals surface area contributed by atoms with Crippen LogP contribution in [0.3, 0.4) is 0 Å². The molecular weight excluding hydrogens is 328 g/mol. The topological polar surface area (TPSA) is 101 Å². The van der Waals surface area contributed by atoms with E-state index in [4.69, 9.17) is 5.73 Å². The quantitative estimate of drug-likeness (QED) is 0.671. The van der Waals surface area contributed by atoms with E-state index in [-0.39, 0.29) is 11.5 Å². The second-order valence-electron chi connectivity index (χ2n) is 7.82. The maximum absolute atomic E-state index is 12.0. The number of rotatable bonds is 4. The number of carbonyl (C=O) groups excluding carboxylic acids is 1. The number of aromatic amines is 1. The third-order valence-electron chi connectivity index (χ3n) is 6.09. The number of primary amides is 1. The van der Waals surface area contributed by atoms with Crippen LogP contribution in [0.4, 0.5) is 5.69 Å². The Labute approximate surface area is 152 Å². The Morgan fingerprint density at radius 2 is 2.23 bits per heavy atom. The summed E-state index contributed by atoms with van der Waals surface area (Å²) in [7, 11) is 0. The van der Waals surface area contributed by atoms with Gasteiger partial charge in [0, 0.05) is 24.0 Å². The molecule has 1 saturated carbocycles. The Morgan fingerprint density at radius 3 is 2.85 bits per heavy atom. The van der Waals surface area contributed by atoms with Gasteiger partial charge in [-0.3, -0.25) is 9.89 Å². The van der Waals surface area contributed by atoms with E-state index in [1.54, 1.807) is 16.9 Å². The van der Waals surface area contributed by atoms with E-state index >= 15 is 0 Å². The summed E-state index contributed by atoms with van der Waals surface area (Å²) in [6.07, 6.45) is 7.40. The zero-order valence-electron chi connectivity index (χ0n) is 15.3. The van der Waals surface area contributed by atoms with Crippen molar-refractivity contribution < 1.29 is 4.79 Å². The van der Waals surface area contributed by atoms with Gasteiger partial charge in [0.25, 0.3) is 5.91 Å². The Morgan fingerprint density at radius 1 is 1.42 bits per heavy atom. The molecule has 4 rings (SSSR count). The molecule has 0 radical (unpaired) electrons. The number of fused-ring (bicyclic) bond motifs is 1. The number of nitrogens with two attached hydrogens (primary N) is 1. The molecule has 0 saturated heterocycles. The van der Waals surface area contributed by atoms with Crippen LogP contribution in [0.1, 0.15) is 44.0 Å². The van der Waals surface area contributed by atoms with Gasteiger partial charge in [0.2, 0.25) is 0 Å². The molecule has 1 aliphatic carbocycles. The zero-order chi connectivity index (χ0) is 18.5. The molecular formula is C19H24N6O. The van der Waals surface area contributed by atoms with Gasteiger partial charge < -0.3 is 11.1 Å². The van der Waals surface area contributed by atoms with Crippen molar-refractivity contribution in [3.8, 4) is 11.3 Å². The number of carbonyl (C=O) groups is 1. The largest absolute Gasteiger partial charge is 0.379 e. The Bertz CT molecular complexity index is 956. The van der Waals surface area contributed by atoms with Crippen molar-refractivity contribution >= 4 is 17.1 Å². The molecule has 136 valence electrons. The molecule has 7 nitrogen and oxygen atoms in total. The molecule has 3 aromatic rings. The Kier molecular flexibility index (Phi) is 3.75. The second-order valence-corrected chi connectivity index (χ2v) is 7.82. The predicted octanol–water partition coefficient (Wildman–Crippen LogP) is 3.06. The summed E-state index contributed by atoms with van der Waals surface area (Å²) in [5.41, 5.74) is 9.63. The maximum Gasteiger partial charge on any atom is 0.252 e. The summed E-state index contributed by atoms with van der Waals surface area (Å²) in [6, 6.07) is 4.17. The van der Waals surface area contributed by atoms with Gasteiger partial charge in [-0.15, -0.1) is 0 Å². The first kappa shape index (κ1) is 16.6. The van der Waals surface area contributed by atoms with E-state index in [1.807, 2.05) is 18.3 Å². The number of anilines is 1. The summed E-state index contributed by atoms with van der Waals surface area (Å²) in [5, 5.41) is 14.9. The lowest BCUT2D eigenvalue weighted by Crippen LogP contribution is -2.35. The van der Waals surface area contributed by atoms with Gasteiger partial charge in [0.05, 0.1) is 28.7 Å². The zero-order valence-corrected chi connectivity index (χ0v) is 15.3. The molecule has 3 heterocycles. The van der Waals surface area contributed by atoms with Crippen LogP contribution < -0.4 is 11.1 Å². The third-order valence-corrected chi connectivity index (χ3v) is 6.09. The van der Waals surface area contributed by atoms with Crippen LogP contribution in [-0.4, -0.2) is 31.8 Å². The van der Waals surface area contributed by atoms with Crippen molar-refractivity contribution in [2.75, 3.05) is 5.32 Å². The highest BCUT2D eigenvalue weighted by molar-refractivity contribution is 6.02. The normalized spacial score (nSPS) is 22.0. The van der Waals surface area contributed by atoms with E-state index in [2.05, 4.69) is 41.4 Å². The predicted molar refractivity (Wildman–Crippen MR) is 101 cm³/mol. The summed E-state index contributed by atoms with van der Waals surface area (Å²) in [6.45, 7) is 6.84. The smallest absolute Gasteiger partial charge is 0.252 e. The molecule has 3 aromatic heterocycles. The summed E-state index contributed by atoms with van der Waals surface area (Å²) in [5.74, 6) is 0.137. The number of aromatic nitrogens is 4. The van der Waals surface area contributed by atoms with Crippen LogP contribution in [0.25, 0.3) is 16.8 Å². The van der Waals surface area contributed by atoms with Crippen molar-refractivity contribution in [2.24, 2.45) is 17.1 Å². The van der Waals surface area contributed by atoms with Gasteiger partial charge in [-0.25, -0.2) is 4.52 Å². The average molecular weight is 352 g/mol. The third kappa shape index (κ3) is 2.55. The van der Waals surface area contributed by atoms with E-state index in [1.165, 1.54) is 6.42 Å². The Hall–Kier alpha value is -2.83. The van der Waals surface area contributed by atoms with E-state index in [0.29, 0.717) is 11.5 Å². The first-order chi connectivity index (χ1) is 12.4. The standard InChI is InChI=1S/C19H24N6O/c1-11-4-5-16(19(11,2)3)23-17-13(18(20)26)9-22-25-10-12(8-15(17)25)14-6-7-21-24-14/h6-11,16,23H,4-5H2,1-3H3,(H2,20,26)(H,21,24)/t11-,16+/m0/s1. The van der Waals surface area contributed by atoms with Crippen LogP contribution in [0, 0.1) is 11.3 Å². The second kappa shape index (κ2) is 5.86. The fourth-order valence-electron chi connectivity index (χ4n) is 3.90. The number of H-pyrrole nitrogens is 1. The fourth-order valence-corrected chi connectivity index (χ4v) is 3.90. The maximum atomic E-state index is 12.0. The van der Waals surface area contributed by atoms with Crippen molar-refractivity contribution in [3.63, 3.8) is 0 Å². The molecule has 1 amide bonds. The minimum Gasteiger partial charge on any atom is -0.379 e. The highest BCUT2D eigenvalue weighted by Crippen LogP contribution is 2.44. The molecule has 0 aromatic carbocycles.